The van der Waals surface area contributed by atoms with Gasteiger partial charge in [0.25, 0.3) is 0 Å². The molecule has 1 aliphatic heterocycles. The predicted molar refractivity (Wildman–Crippen MR) is 80.8 cm³/mol. The van der Waals surface area contributed by atoms with Crippen LogP contribution in [0.15, 0.2) is 24.5 Å². The van der Waals surface area contributed by atoms with E-state index in [9.17, 15) is 0 Å². The van der Waals surface area contributed by atoms with Crippen molar-refractivity contribution < 1.29 is 4.74 Å². The molecule has 0 unspecified atom stereocenters. The number of morpholine rings is 1. The number of ether oxygens (including phenoxy) is 1. The van der Waals surface area contributed by atoms with Crippen molar-refractivity contribution in [2.75, 3.05) is 36.9 Å². The van der Waals surface area contributed by atoms with Gasteiger partial charge in [-0.3, -0.25) is 4.68 Å². The highest BCUT2D eigenvalue weighted by Crippen LogP contribution is 2.36. The lowest BCUT2D eigenvalue weighted by atomic mass is 10.0. The first-order valence-corrected chi connectivity index (χ1v) is 6.87. The fourth-order valence-electron chi connectivity index (χ4n) is 2.79. The van der Waals surface area contributed by atoms with E-state index in [1.54, 1.807) is 0 Å². The van der Waals surface area contributed by atoms with Crippen LogP contribution in [0.2, 0.25) is 0 Å². The summed E-state index contributed by atoms with van der Waals surface area (Å²) in [6.07, 6.45) is 3.91. The lowest BCUT2D eigenvalue weighted by Crippen LogP contribution is -2.37. The molecule has 0 saturated carbocycles. The molecule has 0 atom stereocenters. The summed E-state index contributed by atoms with van der Waals surface area (Å²) in [5, 5.41) is 4.27. The molecule has 1 aliphatic rings. The van der Waals surface area contributed by atoms with Gasteiger partial charge in [-0.1, -0.05) is 0 Å². The molecule has 2 heterocycles. The average molecular weight is 272 g/mol. The Morgan fingerprint density at radius 2 is 2.00 bits per heavy atom. The van der Waals surface area contributed by atoms with Crippen molar-refractivity contribution in [3.8, 4) is 11.1 Å². The predicted octanol–water partition coefficient (Wildman–Crippen LogP) is 1.81. The van der Waals surface area contributed by atoms with Crippen molar-refractivity contribution in [2.45, 2.75) is 6.92 Å². The zero-order valence-corrected chi connectivity index (χ0v) is 12.0. The number of hydrogen-bond acceptors (Lipinski definition) is 4. The van der Waals surface area contributed by atoms with Gasteiger partial charge in [0, 0.05) is 48.8 Å². The number of aryl methyl sites for hydroxylation is 2. The quantitative estimate of drug-likeness (QED) is 0.847. The maximum atomic E-state index is 6.03. The van der Waals surface area contributed by atoms with Crippen LogP contribution in [-0.4, -0.2) is 36.1 Å². The highest BCUT2D eigenvalue weighted by molar-refractivity contribution is 5.83. The van der Waals surface area contributed by atoms with Crippen molar-refractivity contribution in [1.82, 2.24) is 9.78 Å². The van der Waals surface area contributed by atoms with Gasteiger partial charge in [0.15, 0.2) is 0 Å². The van der Waals surface area contributed by atoms with E-state index < -0.39 is 0 Å². The van der Waals surface area contributed by atoms with E-state index in [4.69, 9.17) is 10.5 Å². The summed E-state index contributed by atoms with van der Waals surface area (Å²) in [6, 6.07) is 4.07. The zero-order valence-electron chi connectivity index (χ0n) is 12.0. The maximum Gasteiger partial charge on any atom is 0.0642 e. The monoisotopic (exact) mass is 272 g/mol. The van der Waals surface area contributed by atoms with E-state index in [2.05, 4.69) is 16.9 Å². The van der Waals surface area contributed by atoms with Crippen LogP contribution in [-0.2, 0) is 11.8 Å². The lowest BCUT2D eigenvalue weighted by molar-refractivity contribution is 0.122. The molecule has 0 amide bonds. The van der Waals surface area contributed by atoms with Crippen molar-refractivity contribution in [3.63, 3.8) is 0 Å². The van der Waals surface area contributed by atoms with E-state index in [0.717, 1.165) is 43.1 Å². The molecule has 20 heavy (non-hydrogen) atoms. The first-order chi connectivity index (χ1) is 9.65. The molecule has 1 fully saturated rings. The minimum Gasteiger partial charge on any atom is -0.399 e. The minimum absolute atomic E-state index is 0.774. The van der Waals surface area contributed by atoms with Crippen LogP contribution in [0.1, 0.15) is 5.56 Å². The molecule has 2 aromatic rings. The Balaban J connectivity index is 2.11. The van der Waals surface area contributed by atoms with Crippen LogP contribution < -0.4 is 10.6 Å². The van der Waals surface area contributed by atoms with Crippen LogP contribution in [0.25, 0.3) is 11.1 Å². The number of aromatic nitrogens is 2. The summed E-state index contributed by atoms with van der Waals surface area (Å²) in [6.45, 7) is 5.49. The van der Waals surface area contributed by atoms with Crippen LogP contribution >= 0.6 is 0 Å². The van der Waals surface area contributed by atoms with Crippen LogP contribution in [0.3, 0.4) is 0 Å². The maximum absolute atomic E-state index is 6.03. The molecule has 1 aromatic carbocycles. The number of nitrogens with two attached hydrogens (primary N) is 1. The SMILES string of the molecule is Cc1cc(N)cc(-c2cnn(C)c2)c1N1CCOCC1. The van der Waals surface area contributed by atoms with Gasteiger partial charge in [0.1, 0.15) is 0 Å². The lowest BCUT2D eigenvalue weighted by Gasteiger charge is -2.32. The van der Waals surface area contributed by atoms with Gasteiger partial charge in [0.05, 0.1) is 19.4 Å². The molecule has 0 bridgehead atoms. The Hall–Kier alpha value is -2.01. The van der Waals surface area contributed by atoms with Crippen LogP contribution in [0, 0.1) is 6.92 Å². The van der Waals surface area contributed by atoms with Crippen molar-refractivity contribution >= 4 is 11.4 Å². The van der Waals surface area contributed by atoms with Crippen molar-refractivity contribution in [3.05, 3.63) is 30.1 Å². The Labute approximate surface area is 118 Å². The topological polar surface area (TPSA) is 56.3 Å². The summed E-state index contributed by atoms with van der Waals surface area (Å²) in [5.74, 6) is 0. The third-order valence-corrected chi connectivity index (χ3v) is 3.67. The first-order valence-electron chi connectivity index (χ1n) is 6.87. The highest BCUT2D eigenvalue weighted by atomic mass is 16.5. The standard InChI is InChI=1S/C15H20N4O/c1-11-7-13(16)8-14(12-9-17-18(2)10-12)15(11)19-3-5-20-6-4-19/h7-10H,3-6,16H2,1-2H3. The largest absolute Gasteiger partial charge is 0.399 e. The smallest absolute Gasteiger partial charge is 0.0642 e. The van der Waals surface area contributed by atoms with E-state index in [1.165, 1.54) is 11.3 Å². The van der Waals surface area contributed by atoms with Gasteiger partial charge >= 0.3 is 0 Å². The minimum atomic E-state index is 0.774. The molecular formula is C15H20N4O. The van der Waals surface area contributed by atoms with E-state index in [1.807, 2.05) is 36.3 Å². The summed E-state index contributed by atoms with van der Waals surface area (Å²) in [5.41, 5.74) is 11.5. The Morgan fingerprint density at radius 3 is 2.65 bits per heavy atom. The second-order valence-electron chi connectivity index (χ2n) is 5.24. The van der Waals surface area contributed by atoms with Gasteiger partial charge in [-0.25, -0.2) is 0 Å². The van der Waals surface area contributed by atoms with Crippen molar-refractivity contribution in [2.24, 2.45) is 7.05 Å². The molecule has 0 radical (unpaired) electrons. The third kappa shape index (κ3) is 2.36. The van der Waals surface area contributed by atoms with E-state index >= 15 is 0 Å². The fourth-order valence-corrected chi connectivity index (χ4v) is 2.79. The second-order valence-corrected chi connectivity index (χ2v) is 5.24. The summed E-state index contributed by atoms with van der Waals surface area (Å²) in [4.78, 5) is 2.38. The Bertz CT molecular complexity index is 614. The average Bonchev–Trinajstić information content (AvgIpc) is 2.85. The number of anilines is 2. The fraction of sp³-hybridized carbons (Fsp3) is 0.400. The number of rotatable bonds is 2. The summed E-state index contributed by atoms with van der Waals surface area (Å²) < 4.78 is 7.27. The highest BCUT2D eigenvalue weighted by Gasteiger charge is 2.19. The van der Waals surface area contributed by atoms with Gasteiger partial charge in [-0.2, -0.15) is 5.10 Å². The normalized spacial score (nSPS) is 15.6. The van der Waals surface area contributed by atoms with Crippen LogP contribution in [0.4, 0.5) is 11.4 Å². The number of benzene rings is 1. The number of nitrogen functional groups attached to an aromatic ring is 1. The summed E-state index contributed by atoms with van der Waals surface area (Å²) >= 11 is 0. The first kappa shape index (κ1) is 13.0. The number of nitrogens with zero attached hydrogens (tertiary/aromatic N) is 3. The molecule has 5 nitrogen and oxygen atoms in total. The van der Waals surface area contributed by atoms with Gasteiger partial charge in [0.2, 0.25) is 0 Å². The molecule has 0 spiro atoms. The van der Waals surface area contributed by atoms with Gasteiger partial charge in [-0.05, 0) is 24.6 Å². The zero-order chi connectivity index (χ0) is 14.1. The van der Waals surface area contributed by atoms with Gasteiger partial charge in [-0.15, -0.1) is 0 Å². The van der Waals surface area contributed by atoms with Gasteiger partial charge < -0.3 is 15.4 Å². The molecule has 106 valence electrons. The third-order valence-electron chi connectivity index (χ3n) is 3.67. The van der Waals surface area contributed by atoms with E-state index in [0.29, 0.717) is 0 Å². The summed E-state index contributed by atoms with van der Waals surface area (Å²) in [7, 11) is 1.93. The molecular weight excluding hydrogens is 252 g/mol. The molecule has 1 saturated heterocycles. The van der Waals surface area contributed by atoms with Crippen LogP contribution in [0.5, 0.6) is 0 Å². The second kappa shape index (κ2) is 5.17. The molecule has 2 N–H and O–H groups in total. The Kier molecular flexibility index (Phi) is 3.36. The van der Waals surface area contributed by atoms with E-state index in [-0.39, 0.29) is 0 Å². The number of hydrogen-bond donors (Lipinski definition) is 1. The molecule has 0 aliphatic carbocycles. The molecule has 1 aromatic heterocycles. The molecule has 5 heteroatoms. The Morgan fingerprint density at radius 1 is 1.25 bits per heavy atom. The van der Waals surface area contributed by atoms with Crippen molar-refractivity contribution in [1.29, 1.82) is 0 Å². The molecule has 3 rings (SSSR count).